The van der Waals surface area contributed by atoms with Gasteiger partial charge in [-0.1, -0.05) is 32.9 Å². The van der Waals surface area contributed by atoms with E-state index in [1.165, 1.54) is 11.1 Å². The van der Waals surface area contributed by atoms with Crippen LogP contribution >= 0.6 is 0 Å². The lowest BCUT2D eigenvalue weighted by molar-refractivity contribution is 0.215. The number of anilines is 2. The second-order valence-electron chi connectivity index (χ2n) is 7.70. The average Bonchev–Trinajstić information content (AvgIpc) is 3.09. The van der Waals surface area contributed by atoms with E-state index < -0.39 is 6.09 Å². The van der Waals surface area contributed by atoms with Gasteiger partial charge in [-0.25, -0.2) is 4.79 Å². The monoisotopic (exact) mass is 351 g/mol. The maximum atomic E-state index is 12.2. The Morgan fingerprint density at radius 3 is 2.73 bits per heavy atom. The number of amides is 1. The van der Waals surface area contributed by atoms with Crippen molar-refractivity contribution >= 4 is 17.5 Å². The molecule has 2 heterocycles. The number of nitrogens with one attached hydrogen (secondary N) is 3. The smallest absolute Gasteiger partial charge is 0.410 e. The summed E-state index contributed by atoms with van der Waals surface area (Å²) in [6, 6.07) is 13.7. The number of hydrogen-bond donors (Lipinski definition) is 3. The molecule has 0 spiro atoms. The van der Waals surface area contributed by atoms with Gasteiger partial charge in [0, 0.05) is 16.8 Å². The quantitative estimate of drug-likeness (QED) is 0.766. The zero-order valence-corrected chi connectivity index (χ0v) is 15.4. The Bertz CT molecular complexity index is 832. The highest BCUT2D eigenvalue weighted by molar-refractivity contribution is 5.86. The Morgan fingerprint density at radius 1 is 1.23 bits per heavy atom. The van der Waals surface area contributed by atoms with Gasteiger partial charge in [0.15, 0.2) is 0 Å². The lowest BCUT2D eigenvalue weighted by atomic mass is 9.81. The van der Waals surface area contributed by atoms with Gasteiger partial charge in [-0.05, 0) is 60.3 Å². The number of ether oxygens (including phenoxy) is 1. The van der Waals surface area contributed by atoms with Gasteiger partial charge in [-0.2, -0.15) is 0 Å². The van der Waals surface area contributed by atoms with Crippen LogP contribution in [0.5, 0.6) is 5.75 Å². The molecular formula is C21H25N3O2. The van der Waals surface area contributed by atoms with E-state index in [0.29, 0.717) is 11.7 Å². The molecule has 1 amide bonds. The molecule has 4 rings (SSSR count). The molecular weight excluding hydrogens is 326 g/mol. The van der Waals surface area contributed by atoms with Gasteiger partial charge < -0.3 is 10.1 Å². The first kappa shape index (κ1) is 16.9. The summed E-state index contributed by atoms with van der Waals surface area (Å²) in [4.78, 5) is 12.2. The van der Waals surface area contributed by atoms with Crippen LogP contribution in [0.15, 0.2) is 42.5 Å². The molecule has 0 aromatic heterocycles. The SMILES string of the molecule is CC(C)c1ccc(NC(=O)Oc2ccc3c(c2)[C@]2(C)CCN[C@@H]2N3)cc1. The molecule has 2 aromatic rings. The molecule has 0 radical (unpaired) electrons. The molecule has 0 unspecified atom stereocenters. The van der Waals surface area contributed by atoms with Gasteiger partial charge in [0.05, 0.1) is 6.17 Å². The third-order valence-electron chi connectivity index (χ3n) is 5.57. The van der Waals surface area contributed by atoms with Crippen molar-refractivity contribution in [2.75, 3.05) is 17.2 Å². The van der Waals surface area contributed by atoms with Crippen molar-refractivity contribution in [2.24, 2.45) is 0 Å². The summed E-state index contributed by atoms with van der Waals surface area (Å²) in [6.07, 6.45) is 0.843. The lowest BCUT2D eigenvalue weighted by Crippen LogP contribution is -2.38. The van der Waals surface area contributed by atoms with E-state index in [1.54, 1.807) is 0 Å². The van der Waals surface area contributed by atoms with Gasteiger partial charge in [-0.15, -0.1) is 0 Å². The predicted octanol–water partition coefficient (Wildman–Crippen LogP) is 4.42. The molecule has 2 aliphatic rings. The van der Waals surface area contributed by atoms with Crippen LogP contribution in [-0.4, -0.2) is 18.8 Å². The highest BCUT2D eigenvalue weighted by Crippen LogP contribution is 2.46. The third-order valence-corrected chi connectivity index (χ3v) is 5.57. The van der Waals surface area contributed by atoms with E-state index in [9.17, 15) is 4.79 Å². The average molecular weight is 351 g/mol. The molecule has 26 heavy (non-hydrogen) atoms. The summed E-state index contributed by atoms with van der Waals surface area (Å²) in [5.74, 6) is 1.03. The number of carbonyl (C=O) groups excluding carboxylic acids is 1. The van der Waals surface area contributed by atoms with Crippen molar-refractivity contribution in [3.63, 3.8) is 0 Å². The van der Waals surface area contributed by atoms with Gasteiger partial charge in [0.1, 0.15) is 5.75 Å². The highest BCUT2D eigenvalue weighted by Gasteiger charge is 2.46. The van der Waals surface area contributed by atoms with Crippen molar-refractivity contribution in [2.45, 2.75) is 44.7 Å². The molecule has 5 heteroatoms. The third kappa shape index (κ3) is 2.92. The minimum atomic E-state index is -0.473. The molecule has 2 atom stereocenters. The standard InChI is InChI=1S/C21H25N3O2/c1-13(2)14-4-6-15(7-5-14)23-20(25)26-16-8-9-18-17(12-16)21(3)10-11-22-19(21)24-18/h4-9,12-13,19,22,24H,10-11H2,1-3H3,(H,23,25)/t19-,21+/m1/s1. The number of hydrogen-bond acceptors (Lipinski definition) is 4. The zero-order chi connectivity index (χ0) is 18.3. The van der Waals surface area contributed by atoms with E-state index >= 15 is 0 Å². The van der Waals surface area contributed by atoms with Crippen LogP contribution in [-0.2, 0) is 5.41 Å². The second-order valence-corrected chi connectivity index (χ2v) is 7.70. The second kappa shape index (κ2) is 6.32. The van der Waals surface area contributed by atoms with Crippen molar-refractivity contribution in [3.8, 4) is 5.75 Å². The van der Waals surface area contributed by atoms with E-state index in [1.807, 2.05) is 42.5 Å². The van der Waals surface area contributed by atoms with Crippen LogP contribution in [0.4, 0.5) is 16.2 Å². The molecule has 5 nitrogen and oxygen atoms in total. The van der Waals surface area contributed by atoms with Gasteiger partial charge in [0.2, 0.25) is 0 Å². The topological polar surface area (TPSA) is 62.4 Å². The molecule has 1 saturated heterocycles. The van der Waals surface area contributed by atoms with Crippen molar-refractivity contribution in [3.05, 3.63) is 53.6 Å². The van der Waals surface area contributed by atoms with Crippen LogP contribution in [0.25, 0.3) is 0 Å². The Hall–Kier alpha value is -2.53. The number of rotatable bonds is 3. The number of fused-ring (bicyclic) bond motifs is 3. The summed E-state index contributed by atoms with van der Waals surface area (Å²) in [5.41, 5.74) is 4.33. The zero-order valence-electron chi connectivity index (χ0n) is 15.4. The maximum absolute atomic E-state index is 12.2. The molecule has 1 fully saturated rings. The van der Waals surface area contributed by atoms with Crippen LogP contribution in [0, 0.1) is 0 Å². The van der Waals surface area contributed by atoms with E-state index in [0.717, 1.165) is 24.3 Å². The Kier molecular flexibility index (Phi) is 4.11. The van der Waals surface area contributed by atoms with E-state index in [-0.39, 0.29) is 11.6 Å². The van der Waals surface area contributed by atoms with Gasteiger partial charge in [0.25, 0.3) is 0 Å². The van der Waals surface area contributed by atoms with Crippen LogP contribution in [0.3, 0.4) is 0 Å². The lowest BCUT2D eigenvalue weighted by Gasteiger charge is -2.23. The summed E-state index contributed by atoms with van der Waals surface area (Å²) in [7, 11) is 0. The van der Waals surface area contributed by atoms with Crippen molar-refractivity contribution < 1.29 is 9.53 Å². The highest BCUT2D eigenvalue weighted by atomic mass is 16.6. The summed E-state index contributed by atoms with van der Waals surface area (Å²) >= 11 is 0. The first-order chi connectivity index (χ1) is 12.5. The first-order valence-corrected chi connectivity index (χ1v) is 9.19. The molecule has 3 N–H and O–H groups in total. The van der Waals surface area contributed by atoms with E-state index in [2.05, 4.69) is 36.7 Å². The Balaban J connectivity index is 1.45. The molecule has 0 bridgehead atoms. The molecule has 2 aliphatic heterocycles. The molecule has 136 valence electrons. The first-order valence-electron chi connectivity index (χ1n) is 9.19. The summed E-state index contributed by atoms with van der Waals surface area (Å²) in [5, 5.41) is 9.78. The van der Waals surface area contributed by atoms with Crippen LogP contribution in [0.1, 0.15) is 44.2 Å². The van der Waals surface area contributed by atoms with Crippen LogP contribution in [0.2, 0.25) is 0 Å². The summed E-state index contributed by atoms with van der Waals surface area (Å²) in [6.45, 7) is 7.52. The van der Waals surface area contributed by atoms with Crippen molar-refractivity contribution in [1.29, 1.82) is 0 Å². The van der Waals surface area contributed by atoms with E-state index in [4.69, 9.17) is 4.74 Å². The van der Waals surface area contributed by atoms with Crippen molar-refractivity contribution in [1.82, 2.24) is 5.32 Å². The number of benzene rings is 2. The number of carbonyl (C=O) groups is 1. The molecule has 2 aromatic carbocycles. The maximum Gasteiger partial charge on any atom is 0.417 e. The largest absolute Gasteiger partial charge is 0.417 e. The summed E-state index contributed by atoms with van der Waals surface area (Å²) < 4.78 is 5.52. The minimum absolute atomic E-state index is 0.0395. The fraction of sp³-hybridized carbons (Fsp3) is 0.381. The van der Waals surface area contributed by atoms with Gasteiger partial charge in [-0.3, -0.25) is 10.6 Å². The fourth-order valence-corrected chi connectivity index (χ4v) is 3.89. The van der Waals surface area contributed by atoms with Crippen LogP contribution < -0.4 is 20.7 Å². The minimum Gasteiger partial charge on any atom is -0.410 e. The van der Waals surface area contributed by atoms with Gasteiger partial charge >= 0.3 is 6.09 Å². The molecule has 0 saturated carbocycles. The Morgan fingerprint density at radius 2 is 2.00 bits per heavy atom. The normalized spacial score (nSPS) is 23.3. The predicted molar refractivity (Wildman–Crippen MR) is 104 cm³/mol. The molecule has 0 aliphatic carbocycles. The Labute approximate surface area is 154 Å². The fourth-order valence-electron chi connectivity index (χ4n) is 3.89.